The first kappa shape index (κ1) is 25.4. The van der Waals surface area contributed by atoms with Gasteiger partial charge in [-0.15, -0.1) is 10.2 Å². The molecular formula is C20H22N8O6S2. The molecule has 0 aliphatic heterocycles. The Bertz CT molecular complexity index is 1660. The van der Waals surface area contributed by atoms with Gasteiger partial charge in [0.05, 0.1) is 33.9 Å². The van der Waals surface area contributed by atoms with E-state index >= 15 is 0 Å². The van der Waals surface area contributed by atoms with Crippen molar-refractivity contribution in [1.29, 1.82) is 0 Å². The normalized spacial score (nSPS) is 13.1. The summed E-state index contributed by atoms with van der Waals surface area (Å²) in [5, 5.41) is 19.0. The van der Waals surface area contributed by atoms with Gasteiger partial charge >= 0.3 is 5.97 Å². The summed E-state index contributed by atoms with van der Waals surface area (Å²) >= 11 is 0. The van der Waals surface area contributed by atoms with Gasteiger partial charge in [0.25, 0.3) is 0 Å². The maximum absolute atomic E-state index is 13.1. The van der Waals surface area contributed by atoms with Gasteiger partial charge in [0.2, 0.25) is 21.7 Å². The van der Waals surface area contributed by atoms with Crippen LogP contribution in [0, 0.1) is 0 Å². The molecule has 0 saturated heterocycles. The quantitative estimate of drug-likeness (QED) is 0.225. The molecule has 0 aliphatic rings. The lowest BCUT2D eigenvalue weighted by Gasteiger charge is -2.17. The Labute approximate surface area is 205 Å². The van der Waals surface area contributed by atoms with Gasteiger partial charge in [-0.2, -0.15) is 5.21 Å². The highest BCUT2D eigenvalue weighted by atomic mass is 32.2. The lowest BCUT2D eigenvalue weighted by molar-refractivity contribution is 0.0513. The van der Waals surface area contributed by atoms with Crippen LogP contribution in [0.4, 0.5) is 0 Å². The molecule has 2 heterocycles. The number of sulfone groups is 1. The van der Waals surface area contributed by atoms with Gasteiger partial charge in [-0.05, 0) is 36.8 Å². The second-order valence-electron chi connectivity index (χ2n) is 7.86. The second kappa shape index (κ2) is 9.38. The number of benzene rings is 2. The van der Waals surface area contributed by atoms with Crippen LogP contribution >= 0.6 is 0 Å². The number of fused-ring (bicyclic) bond motifs is 1. The smallest absolute Gasteiger partial charge is 0.374 e. The minimum absolute atomic E-state index is 0.0665. The van der Waals surface area contributed by atoms with Crippen molar-refractivity contribution < 1.29 is 26.4 Å². The number of tetrazole rings is 1. The van der Waals surface area contributed by atoms with Crippen molar-refractivity contribution in [1.82, 2.24) is 30.6 Å². The maximum Gasteiger partial charge on any atom is 0.374 e. The number of hydrogen-bond donors (Lipinski definition) is 4. The third-order valence-electron chi connectivity index (χ3n) is 5.06. The third-order valence-corrected chi connectivity index (χ3v) is 8.16. The van der Waals surface area contributed by atoms with Crippen LogP contribution in [-0.4, -0.2) is 71.8 Å². The molecule has 0 saturated carbocycles. The number of sulfonamides is 1. The number of esters is 1. The Morgan fingerprint density at radius 1 is 1.14 bits per heavy atom. The summed E-state index contributed by atoms with van der Waals surface area (Å²) in [5.41, 5.74) is 6.76. The largest absolute Gasteiger partial charge is 0.460 e. The zero-order valence-corrected chi connectivity index (χ0v) is 20.7. The lowest BCUT2D eigenvalue weighted by Crippen LogP contribution is -2.28. The first-order valence-electron chi connectivity index (χ1n) is 10.5. The van der Waals surface area contributed by atoms with E-state index in [0.717, 1.165) is 6.07 Å². The Morgan fingerprint density at radius 2 is 1.89 bits per heavy atom. The summed E-state index contributed by atoms with van der Waals surface area (Å²) in [5.74, 6) is -1.49. The zero-order chi connectivity index (χ0) is 26.3. The van der Waals surface area contributed by atoms with Crippen molar-refractivity contribution in [3.05, 3.63) is 36.2 Å². The highest BCUT2D eigenvalue weighted by Crippen LogP contribution is 2.40. The van der Waals surface area contributed by atoms with Crippen molar-refractivity contribution in [2.45, 2.75) is 29.7 Å². The molecule has 190 valence electrons. The number of primary sulfonamides is 1. The number of nitrogens with one attached hydrogen (secondary N) is 2. The number of aromatic amines is 2. The van der Waals surface area contributed by atoms with Gasteiger partial charge < -0.3 is 15.5 Å². The number of nitrogens with zero attached hydrogens (tertiary/aromatic N) is 4. The van der Waals surface area contributed by atoms with Gasteiger partial charge in [-0.3, -0.25) is 0 Å². The highest BCUT2D eigenvalue weighted by molar-refractivity contribution is 7.93. The molecule has 16 heteroatoms. The second-order valence-corrected chi connectivity index (χ2v) is 11.4. The molecule has 1 atom stereocenters. The van der Waals surface area contributed by atoms with E-state index in [0.29, 0.717) is 11.1 Å². The van der Waals surface area contributed by atoms with E-state index in [2.05, 4.69) is 30.6 Å². The predicted molar refractivity (Wildman–Crippen MR) is 128 cm³/mol. The number of nitrogens with two attached hydrogens (primary N) is 2. The van der Waals surface area contributed by atoms with Crippen LogP contribution in [0.15, 0.2) is 40.1 Å². The molecule has 36 heavy (non-hydrogen) atoms. The van der Waals surface area contributed by atoms with Crippen molar-refractivity contribution in [2.24, 2.45) is 10.9 Å². The van der Waals surface area contributed by atoms with Crippen LogP contribution in [0.5, 0.6) is 0 Å². The van der Waals surface area contributed by atoms with Crippen LogP contribution in [0.3, 0.4) is 0 Å². The number of ether oxygens (including phenoxy) is 1. The average molecular weight is 535 g/mol. The molecule has 2 aromatic carbocycles. The molecule has 14 nitrogen and oxygen atoms in total. The summed E-state index contributed by atoms with van der Waals surface area (Å²) in [4.78, 5) is 18.1. The van der Waals surface area contributed by atoms with Crippen molar-refractivity contribution >= 4 is 36.9 Å². The molecule has 0 radical (unpaired) electrons. The summed E-state index contributed by atoms with van der Waals surface area (Å²) in [7, 11) is -8.85. The summed E-state index contributed by atoms with van der Waals surface area (Å²) < 4.78 is 56.8. The van der Waals surface area contributed by atoms with Gasteiger partial charge in [0, 0.05) is 11.6 Å². The highest BCUT2D eigenvalue weighted by Gasteiger charge is 2.33. The Hall–Kier alpha value is -3.73. The summed E-state index contributed by atoms with van der Waals surface area (Å²) in [6.45, 7) is 3.26. The van der Waals surface area contributed by atoms with Crippen LogP contribution in [0.25, 0.3) is 33.5 Å². The fraction of sp³-hybridized carbons (Fsp3) is 0.250. The fourth-order valence-electron chi connectivity index (χ4n) is 3.79. The number of rotatable bonds is 8. The number of para-hydroxylation sites is 1. The summed E-state index contributed by atoms with van der Waals surface area (Å²) in [6, 6.07) is 6.65. The number of carbonyl (C=O) groups is 1. The summed E-state index contributed by atoms with van der Waals surface area (Å²) in [6.07, 6.45) is 0. The lowest BCUT2D eigenvalue weighted by atomic mass is 9.98. The van der Waals surface area contributed by atoms with E-state index in [9.17, 15) is 21.6 Å². The molecule has 4 aromatic rings. The first-order valence-corrected chi connectivity index (χ1v) is 13.7. The maximum atomic E-state index is 13.1. The molecule has 0 unspecified atom stereocenters. The molecule has 4 rings (SSSR count). The Kier molecular flexibility index (Phi) is 6.61. The van der Waals surface area contributed by atoms with E-state index in [1.54, 1.807) is 25.1 Å². The van der Waals surface area contributed by atoms with Crippen LogP contribution in [0.2, 0.25) is 0 Å². The van der Waals surface area contributed by atoms with Gasteiger partial charge in [0.1, 0.15) is 4.90 Å². The van der Waals surface area contributed by atoms with Crippen molar-refractivity contribution in [3.8, 4) is 22.5 Å². The molecular weight excluding hydrogens is 512 g/mol. The Morgan fingerprint density at radius 3 is 2.50 bits per heavy atom. The van der Waals surface area contributed by atoms with Gasteiger partial charge in [0.15, 0.2) is 9.84 Å². The minimum Gasteiger partial charge on any atom is -0.460 e. The molecule has 0 bridgehead atoms. The monoisotopic (exact) mass is 534 g/mol. The number of aromatic nitrogens is 6. The van der Waals surface area contributed by atoms with E-state index in [1.165, 1.54) is 13.0 Å². The Balaban J connectivity index is 2.09. The van der Waals surface area contributed by atoms with Crippen LogP contribution in [-0.2, 0) is 24.6 Å². The van der Waals surface area contributed by atoms with Crippen LogP contribution < -0.4 is 10.9 Å². The molecule has 0 amide bonds. The minimum atomic E-state index is -4.65. The van der Waals surface area contributed by atoms with Crippen LogP contribution in [0.1, 0.15) is 24.5 Å². The van der Waals surface area contributed by atoms with E-state index in [4.69, 9.17) is 15.6 Å². The topological polar surface area (TPSA) is 230 Å². The molecule has 0 spiro atoms. The van der Waals surface area contributed by atoms with E-state index in [1.807, 2.05) is 0 Å². The van der Waals surface area contributed by atoms with Gasteiger partial charge in [-0.25, -0.2) is 31.8 Å². The third kappa shape index (κ3) is 4.70. The van der Waals surface area contributed by atoms with E-state index < -0.39 is 47.4 Å². The van der Waals surface area contributed by atoms with Crippen molar-refractivity contribution in [2.75, 3.05) is 12.4 Å². The number of carbonyl (C=O) groups excluding carboxylic acids is 1. The number of H-pyrrole nitrogens is 2. The fourth-order valence-corrected chi connectivity index (χ4v) is 6.88. The molecule has 0 aliphatic carbocycles. The number of imidazole rings is 1. The predicted octanol–water partition coefficient (Wildman–Crippen LogP) is 0.355. The van der Waals surface area contributed by atoms with E-state index in [-0.39, 0.29) is 34.9 Å². The zero-order valence-electron chi connectivity index (χ0n) is 19.1. The van der Waals surface area contributed by atoms with Gasteiger partial charge in [-0.1, -0.05) is 18.2 Å². The standard InChI is InChI=1S/C20H22N8O6S2/c1-3-34-20(29)19-23-13-6-4-5-12(16(13)24-19)11-7-8-14(35(30,31)9-10(2)21)17(36(22,32)33)15(11)18-25-27-28-26-18/h4-8,10H,3,9,21H2,1-2H3,(H,23,24)(H2,22,32,33)(H,25,26,27,28)/t10-/m0/s1. The molecule has 2 aromatic heterocycles. The number of hydrogen-bond acceptors (Lipinski definition) is 11. The first-order chi connectivity index (χ1) is 16.9. The SMILES string of the molecule is CCOC(=O)c1nc2c(-c3ccc(S(=O)(=O)C[C@H](C)N)c(S(N)(=O)=O)c3-c3nn[nH]n3)cccc2[nH]1. The molecule has 0 fully saturated rings. The molecule has 6 N–H and O–H groups in total. The average Bonchev–Trinajstić information content (AvgIpc) is 3.46. The van der Waals surface area contributed by atoms with Crippen molar-refractivity contribution in [3.63, 3.8) is 0 Å².